The minimum atomic E-state index is -0.958. The van der Waals surface area contributed by atoms with Gasteiger partial charge in [0.15, 0.2) is 0 Å². The zero-order valence-electron chi connectivity index (χ0n) is 10.2. The maximum Gasteiger partial charge on any atom is 0.261 e. The van der Waals surface area contributed by atoms with Crippen LogP contribution in [0.5, 0.6) is 0 Å². The van der Waals surface area contributed by atoms with E-state index in [1.54, 1.807) is 13.8 Å². The lowest BCUT2D eigenvalue weighted by Gasteiger charge is -2.21. The van der Waals surface area contributed by atoms with Gasteiger partial charge in [0, 0.05) is 6.54 Å². The largest absolute Gasteiger partial charge is 0.390 e. The minimum Gasteiger partial charge on any atom is -0.390 e. The molecule has 0 aliphatic carbocycles. The number of benzene rings is 1. The standard InChI is InChI=1S/C13H14FNO3/c1-13(2,18)5-6-15-11(16)9-4-3-8(14)7-10(9)12(15)17/h3-4,7,18H,5-6H2,1-2H3. The smallest absolute Gasteiger partial charge is 0.261 e. The molecule has 1 aliphatic rings. The number of halogens is 1. The molecule has 18 heavy (non-hydrogen) atoms. The Morgan fingerprint density at radius 3 is 2.44 bits per heavy atom. The monoisotopic (exact) mass is 251 g/mol. The molecule has 1 N–H and O–H groups in total. The molecule has 0 saturated heterocycles. The van der Waals surface area contributed by atoms with Crippen LogP contribution in [0.3, 0.4) is 0 Å². The number of hydrogen-bond donors (Lipinski definition) is 1. The Hall–Kier alpha value is -1.75. The molecular formula is C13H14FNO3. The van der Waals surface area contributed by atoms with Gasteiger partial charge in [0.2, 0.25) is 0 Å². The molecule has 1 aromatic carbocycles. The number of imide groups is 1. The van der Waals surface area contributed by atoms with Crippen LogP contribution in [0, 0.1) is 5.82 Å². The highest BCUT2D eigenvalue weighted by atomic mass is 19.1. The summed E-state index contributed by atoms with van der Waals surface area (Å²) in [7, 11) is 0. The van der Waals surface area contributed by atoms with Crippen molar-refractivity contribution in [2.45, 2.75) is 25.9 Å². The number of carbonyl (C=O) groups excluding carboxylic acids is 2. The number of carbonyl (C=O) groups is 2. The summed E-state index contributed by atoms with van der Waals surface area (Å²) in [6.07, 6.45) is 0.279. The molecule has 2 amide bonds. The fourth-order valence-corrected chi connectivity index (χ4v) is 1.85. The zero-order valence-corrected chi connectivity index (χ0v) is 10.2. The molecule has 5 heteroatoms. The molecule has 0 unspecified atom stereocenters. The van der Waals surface area contributed by atoms with Crippen molar-refractivity contribution in [1.82, 2.24) is 4.90 Å². The van der Waals surface area contributed by atoms with Crippen LogP contribution in [0.2, 0.25) is 0 Å². The molecular weight excluding hydrogens is 237 g/mol. The summed E-state index contributed by atoms with van der Waals surface area (Å²) in [4.78, 5) is 24.9. The van der Waals surface area contributed by atoms with Crippen LogP contribution < -0.4 is 0 Å². The molecule has 1 heterocycles. The number of hydrogen-bond acceptors (Lipinski definition) is 3. The summed E-state index contributed by atoms with van der Waals surface area (Å²) in [6.45, 7) is 3.33. The second-order valence-electron chi connectivity index (χ2n) is 5.01. The van der Waals surface area contributed by atoms with E-state index in [1.807, 2.05) is 0 Å². The third-order valence-electron chi connectivity index (χ3n) is 2.88. The van der Waals surface area contributed by atoms with E-state index >= 15 is 0 Å². The number of fused-ring (bicyclic) bond motifs is 1. The van der Waals surface area contributed by atoms with Gasteiger partial charge in [-0.3, -0.25) is 14.5 Å². The highest BCUT2D eigenvalue weighted by Gasteiger charge is 2.36. The second kappa shape index (κ2) is 4.17. The maximum absolute atomic E-state index is 13.0. The van der Waals surface area contributed by atoms with Gasteiger partial charge in [-0.1, -0.05) is 0 Å². The fourth-order valence-electron chi connectivity index (χ4n) is 1.85. The van der Waals surface area contributed by atoms with Crippen LogP contribution in [0.1, 0.15) is 41.0 Å². The van der Waals surface area contributed by atoms with Gasteiger partial charge >= 0.3 is 0 Å². The maximum atomic E-state index is 13.0. The van der Waals surface area contributed by atoms with Crippen molar-refractivity contribution in [1.29, 1.82) is 0 Å². The molecule has 0 radical (unpaired) electrons. The first-order valence-corrected chi connectivity index (χ1v) is 5.68. The normalized spacial score (nSPS) is 15.2. The number of nitrogens with zero attached hydrogens (tertiary/aromatic N) is 1. The molecule has 0 atom stereocenters. The number of amides is 2. The van der Waals surface area contributed by atoms with Crippen LogP contribution >= 0.6 is 0 Å². The van der Waals surface area contributed by atoms with Crippen molar-refractivity contribution in [3.05, 3.63) is 35.1 Å². The van der Waals surface area contributed by atoms with Crippen molar-refractivity contribution in [3.8, 4) is 0 Å². The van der Waals surface area contributed by atoms with E-state index in [9.17, 15) is 19.1 Å². The molecule has 0 fully saturated rings. The SMILES string of the molecule is CC(C)(O)CCN1C(=O)c2ccc(F)cc2C1=O. The molecule has 96 valence electrons. The van der Waals surface area contributed by atoms with Crippen LogP contribution in [-0.2, 0) is 0 Å². The quantitative estimate of drug-likeness (QED) is 0.830. The minimum absolute atomic E-state index is 0.0933. The predicted octanol–water partition coefficient (Wildman–Crippen LogP) is 1.58. The second-order valence-corrected chi connectivity index (χ2v) is 5.01. The summed E-state index contributed by atoms with van der Waals surface area (Å²) in [5.41, 5.74) is -0.645. The Labute approximate surface area is 104 Å². The van der Waals surface area contributed by atoms with Crippen molar-refractivity contribution in [3.63, 3.8) is 0 Å². The van der Waals surface area contributed by atoms with Crippen LogP contribution in [0.15, 0.2) is 18.2 Å². The van der Waals surface area contributed by atoms with Crippen molar-refractivity contribution in [2.24, 2.45) is 0 Å². The number of aliphatic hydroxyl groups is 1. The van der Waals surface area contributed by atoms with Gasteiger partial charge in [0.05, 0.1) is 16.7 Å². The molecule has 0 saturated carbocycles. The van der Waals surface area contributed by atoms with Gasteiger partial charge in [0.25, 0.3) is 11.8 Å². The van der Waals surface area contributed by atoms with Crippen LogP contribution in [-0.4, -0.2) is 34.0 Å². The van der Waals surface area contributed by atoms with Crippen molar-refractivity contribution in [2.75, 3.05) is 6.54 Å². The van der Waals surface area contributed by atoms with E-state index in [1.165, 1.54) is 6.07 Å². The Morgan fingerprint density at radius 2 is 1.83 bits per heavy atom. The van der Waals surface area contributed by atoms with E-state index in [0.29, 0.717) is 0 Å². The Bertz CT molecular complexity index is 519. The Balaban J connectivity index is 2.23. The highest BCUT2D eigenvalue weighted by Crippen LogP contribution is 2.24. The lowest BCUT2D eigenvalue weighted by Crippen LogP contribution is -2.35. The van der Waals surface area contributed by atoms with Gasteiger partial charge < -0.3 is 5.11 Å². The summed E-state index contributed by atoms with van der Waals surface area (Å²) < 4.78 is 13.0. The van der Waals surface area contributed by atoms with Crippen LogP contribution in [0.25, 0.3) is 0 Å². The average molecular weight is 251 g/mol. The Kier molecular flexibility index (Phi) is 2.94. The summed E-state index contributed by atoms with van der Waals surface area (Å²) in [5, 5.41) is 9.60. The first-order valence-electron chi connectivity index (χ1n) is 5.68. The average Bonchev–Trinajstić information content (AvgIpc) is 2.48. The predicted molar refractivity (Wildman–Crippen MR) is 62.7 cm³/mol. The van der Waals surface area contributed by atoms with E-state index in [0.717, 1.165) is 17.0 Å². The Morgan fingerprint density at radius 1 is 1.22 bits per heavy atom. The lowest BCUT2D eigenvalue weighted by atomic mass is 10.1. The van der Waals surface area contributed by atoms with Gasteiger partial charge in [-0.2, -0.15) is 0 Å². The van der Waals surface area contributed by atoms with E-state index in [2.05, 4.69) is 0 Å². The van der Waals surface area contributed by atoms with Gasteiger partial charge in [0.1, 0.15) is 5.82 Å². The van der Waals surface area contributed by atoms with Crippen LogP contribution in [0.4, 0.5) is 4.39 Å². The molecule has 1 aromatic rings. The summed E-state index contributed by atoms with van der Waals surface area (Å²) >= 11 is 0. The molecule has 0 spiro atoms. The number of rotatable bonds is 3. The van der Waals surface area contributed by atoms with Crippen molar-refractivity contribution < 1.29 is 19.1 Å². The molecule has 1 aliphatic heterocycles. The summed E-state index contributed by atoms with van der Waals surface area (Å²) in [5.74, 6) is -1.47. The van der Waals surface area contributed by atoms with Gasteiger partial charge in [-0.25, -0.2) is 4.39 Å². The van der Waals surface area contributed by atoms with E-state index in [4.69, 9.17) is 0 Å². The fraction of sp³-hybridized carbons (Fsp3) is 0.385. The van der Waals surface area contributed by atoms with Gasteiger partial charge in [-0.15, -0.1) is 0 Å². The molecule has 4 nitrogen and oxygen atoms in total. The first-order chi connectivity index (χ1) is 8.29. The zero-order chi connectivity index (χ0) is 13.5. The van der Waals surface area contributed by atoms with E-state index in [-0.39, 0.29) is 24.1 Å². The first kappa shape index (κ1) is 12.7. The summed E-state index contributed by atoms with van der Waals surface area (Å²) in [6, 6.07) is 3.54. The van der Waals surface area contributed by atoms with Crippen molar-refractivity contribution >= 4 is 11.8 Å². The molecule has 0 aromatic heterocycles. The highest BCUT2D eigenvalue weighted by molar-refractivity contribution is 6.21. The van der Waals surface area contributed by atoms with Gasteiger partial charge in [-0.05, 0) is 38.5 Å². The van der Waals surface area contributed by atoms with E-state index < -0.39 is 23.2 Å². The third-order valence-corrected chi connectivity index (χ3v) is 2.88. The molecule has 2 rings (SSSR count). The topological polar surface area (TPSA) is 57.6 Å². The lowest BCUT2D eigenvalue weighted by molar-refractivity contribution is 0.0478. The third kappa shape index (κ3) is 2.26. The molecule has 0 bridgehead atoms.